The summed E-state index contributed by atoms with van der Waals surface area (Å²) in [7, 11) is 0. The number of alkyl halides is 1. The summed E-state index contributed by atoms with van der Waals surface area (Å²) in [6, 6.07) is 0. The maximum absolute atomic E-state index is 11.7. The minimum Gasteiger partial charge on any atom is -0.480 e. The Morgan fingerprint density at radius 2 is 2.27 bits per heavy atom. The quantitative estimate of drug-likeness (QED) is 0.633. The van der Waals surface area contributed by atoms with Crippen LogP contribution < -0.4 is 5.73 Å². The van der Waals surface area contributed by atoms with Gasteiger partial charge in [0.2, 0.25) is 0 Å². The highest BCUT2D eigenvalue weighted by Crippen LogP contribution is 2.14. The second-order valence-corrected chi connectivity index (χ2v) is 2.61. The van der Waals surface area contributed by atoms with Crippen molar-refractivity contribution in [2.45, 2.75) is 31.7 Å². The van der Waals surface area contributed by atoms with Crippen LogP contribution in [0.2, 0.25) is 0 Å². The van der Waals surface area contributed by atoms with Crippen LogP contribution in [0.5, 0.6) is 0 Å². The number of carboxylic acid groups (broad SMARTS) is 1. The number of carbonyl (C=O) groups is 1. The molecule has 0 aromatic rings. The molecular formula is C7H14FNO2. The third-order valence-corrected chi connectivity index (χ3v) is 1.81. The normalized spacial score (nSPS) is 15.9. The molecule has 0 aliphatic rings. The summed E-state index contributed by atoms with van der Waals surface area (Å²) >= 11 is 0. The molecule has 3 nitrogen and oxygen atoms in total. The number of halogens is 1. The molecule has 0 aliphatic heterocycles. The van der Waals surface area contributed by atoms with Crippen molar-refractivity contribution < 1.29 is 14.3 Å². The highest BCUT2D eigenvalue weighted by Gasteiger charge is 2.30. The van der Waals surface area contributed by atoms with Gasteiger partial charge in [0, 0.05) is 0 Å². The Hall–Kier alpha value is -0.640. The van der Waals surface area contributed by atoms with Crippen LogP contribution in [0.4, 0.5) is 4.39 Å². The van der Waals surface area contributed by atoms with Gasteiger partial charge >= 0.3 is 5.97 Å². The molecule has 11 heavy (non-hydrogen) atoms. The summed E-state index contributed by atoms with van der Waals surface area (Å²) in [5, 5.41) is 8.61. The third kappa shape index (κ3) is 2.84. The summed E-state index contributed by atoms with van der Waals surface area (Å²) in [5.41, 5.74) is 4.23. The molecule has 4 heteroatoms. The van der Waals surface area contributed by atoms with E-state index in [9.17, 15) is 9.18 Å². The number of nitrogens with two attached hydrogens (primary N) is 1. The lowest BCUT2D eigenvalue weighted by atomic mass is 9.92. The predicted molar refractivity (Wildman–Crippen MR) is 40.1 cm³/mol. The molecule has 0 aromatic heterocycles. The topological polar surface area (TPSA) is 63.3 Å². The average molecular weight is 163 g/mol. The van der Waals surface area contributed by atoms with Crippen molar-refractivity contribution in [1.82, 2.24) is 0 Å². The molecule has 0 bridgehead atoms. The van der Waals surface area contributed by atoms with E-state index >= 15 is 0 Å². The number of hydrogen-bond donors (Lipinski definition) is 2. The van der Waals surface area contributed by atoms with Crippen LogP contribution in [-0.4, -0.2) is 23.3 Å². The monoisotopic (exact) mass is 163 g/mol. The smallest absolute Gasteiger partial charge is 0.323 e. The first kappa shape index (κ1) is 10.4. The summed E-state index contributed by atoms with van der Waals surface area (Å²) in [6.07, 6.45) is 0.758. The molecule has 0 spiro atoms. The summed E-state index contributed by atoms with van der Waals surface area (Å²) < 4.78 is 11.7. The van der Waals surface area contributed by atoms with Crippen LogP contribution in [0.3, 0.4) is 0 Å². The summed E-state index contributed by atoms with van der Waals surface area (Å²) in [6.45, 7) is 1.18. The highest BCUT2D eigenvalue weighted by atomic mass is 19.1. The molecule has 0 radical (unpaired) electrons. The van der Waals surface area contributed by atoms with Crippen LogP contribution in [0.15, 0.2) is 0 Å². The molecule has 1 atom stereocenters. The van der Waals surface area contributed by atoms with Gasteiger partial charge in [0.25, 0.3) is 0 Å². The maximum atomic E-state index is 11.7. The Morgan fingerprint density at radius 3 is 2.55 bits per heavy atom. The van der Waals surface area contributed by atoms with Crippen molar-refractivity contribution in [3.05, 3.63) is 0 Å². The molecule has 0 amide bonds. The Kier molecular flexibility index (Phi) is 4.03. The third-order valence-electron chi connectivity index (χ3n) is 1.81. The van der Waals surface area contributed by atoms with Gasteiger partial charge in [0.05, 0.1) is 6.67 Å². The molecule has 0 saturated heterocycles. The zero-order valence-corrected chi connectivity index (χ0v) is 6.64. The van der Waals surface area contributed by atoms with Crippen LogP contribution in [0.25, 0.3) is 0 Å². The fourth-order valence-electron chi connectivity index (χ4n) is 0.817. The van der Waals surface area contributed by atoms with Crippen LogP contribution in [0, 0.1) is 0 Å². The molecule has 0 unspecified atom stereocenters. The van der Waals surface area contributed by atoms with Gasteiger partial charge in [-0.05, 0) is 19.3 Å². The van der Waals surface area contributed by atoms with E-state index in [1.54, 1.807) is 6.92 Å². The van der Waals surface area contributed by atoms with Gasteiger partial charge in [-0.25, -0.2) is 0 Å². The van der Waals surface area contributed by atoms with Crippen molar-refractivity contribution in [3.63, 3.8) is 0 Å². The van der Waals surface area contributed by atoms with E-state index in [2.05, 4.69) is 0 Å². The lowest BCUT2D eigenvalue weighted by Crippen LogP contribution is -2.47. The number of rotatable bonds is 5. The SMILES string of the molecule is CC[C@](N)(CCCF)C(=O)O. The first-order chi connectivity index (χ1) is 5.06. The van der Waals surface area contributed by atoms with Crippen LogP contribution >= 0.6 is 0 Å². The molecule has 66 valence electrons. The fourth-order valence-corrected chi connectivity index (χ4v) is 0.817. The average Bonchev–Trinajstić information content (AvgIpc) is 2.00. The van der Waals surface area contributed by atoms with E-state index in [1.165, 1.54) is 0 Å². The first-order valence-corrected chi connectivity index (χ1v) is 3.65. The molecule has 0 aromatic carbocycles. The van der Waals surface area contributed by atoms with Crippen LogP contribution in [0.1, 0.15) is 26.2 Å². The maximum Gasteiger partial charge on any atom is 0.323 e. The lowest BCUT2D eigenvalue weighted by molar-refractivity contribution is -0.143. The van der Waals surface area contributed by atoms with E-state index in [0.29, 0.717) is 6.42 Å². The van der Waals surface area contributed by atoms with Gasteiger partial charge in [-0.1, -0.05) is 6.92 Å². The molecule has 0 fully saturated rings. The zero-order valence-electron chi connectivity index (χ0n) is 6.64. The second kappa shape index (κ2) is 4.28. The highest BCUT2D eigenvalue weighted by molar-refractivity contribution is 5.78. The van der Waals surface area contributed by atoms with Gasteiger partial charge in [-0.15, -0.1) is 0 Å². The Morgan fingerprint density at radius 1 is 1.73 bits per heavy atom. The second-order valence-electron chi connectivity index (χ2n) is 2.61. The zero-order chi connectivity index (χ0) is 8.91. The van der Waals surface area contributed by atoms with E-state index in [1.807, 2.05) is 0 Å². The van der Waals surface area contributed by atoms with Crippen molar-refractivity contribution in [1.29, 1.82) is 0 Å². The van der Waals surface area contributed by atoms with Crippen LogP contribution in [-0.2, 0) is 4.79 Å². The minimum atomic E-state index is -1.23. The van der Waals surface area contributed by atoms with Gasteiger partial charge in [-0.2, -0.15) is 0 Å². The standard InChI is InChI=1S/C7H14FNO2/c1-2-7(9,6(10)11)4-3-5-8/h2-5,9H2,1H3,(H,10,11)/t7-/m0/s1. The molecule has 3 N–H and O–H groups in total. The van der Waals surface area contributed by atoms with E-state index in [-0.39, 0.29) is 12.8 Å². The number of hydrogen-bond acceptors (Lipinski definition) is 2. The predicted octanol–water partition coefficient (Wildman–Crippen LogP) is 0.928. The first-order valence-electron chi connectivity index (χ1n) is 3.65. The van der Waals surface area contributed by atoms with Gasteiger partial charge in [-0.3, -0.25) is 9.18 Å². The van der Waals surface area contributed by atoms with Crippen molar-refractivity contribution >= 4 is 5.97 Å². The van der Waals surface area contributed by atoms with E-state index in [0.717, 1.165) is 0 Å². The molecular weight excluding hydrogens is 149 g/mol. The van der Waals surface area contributed by atoms with Gasteiger partial charge in [0.15, 0.2) is 0 Å². The van der Waals surface area contributed by atoms with E-state index < -0.39 is 18.2 Å². The van der Waals surface area contributed by atoms with E-state index in [4.69, 9.17) is 10.8 Å². The largest absolute Gasteiger partial charge is 0.480 e. The number of carboxylic acids is 1. The van der Waals surface area contributed by atoms with Crippen molar-refractivity contribution in [3.8, 4) is 0 Å². The van der Waals surface area contributed by atoms with Gasteiger partial charge < -0.3 is 10.8 Å². The summed E-state index contributed by atoms with van der Waals surface area (Å²) in [5.74, 6) is -1.05. The Labute approximate surface area is 65.4 Å². The molecule has 0 heterocycles. The van der Waals surface area contributed by atoms with Crippen molar-refractivity contribution in [2.75, 3.05) is 6.67 Å². The fraction of sp³-hybridized carbons (Fsp3) is 0.857. The lowest BCUT2D eigenvalue weighted by Gasteiger charge is -2.21. The van der Waals surface area contributed by atoms with Gasteiger partial charge in [0.1, 0.15) is 5.54 Å². The molecule has 0 aliphatic carbocycles. The molecule has 0 rings (SSSR count). The minimum absolute atomic E-state index is 0.204. The van der Waals surface area contributed by atoms with Crippen molar-refractivity contribution in [2.24, 2.45) is 5.73 Å². The Bertz CT molecular complexity index is 140. The Balaban J connectivity index is 3.99. The number of aliphatic carboxylic acids is 1. The molecule has 0 saturated carbocycles. The summed E-state index contributed by atoms with van der Waals surface area (Å²) in [4.78, 5) is 10.5.